The van der Waals surface area contributed by atoms with Gasteiger partial charge in [-0.15, -0.1) is 0 Å². The molecule has 3 N–H and O–H groups in total. The maximum atomic E-state index is 10.8. The Morgan fingerprint density at radius 2 is 1.94 bits per heavy atom. The van der Waals surface area contributed by atoms with Gasteiger partial charge >= 0.3 is 0 Å². The zero-order chi connectivity index (χ0) is 12.3. The number of carbonyl (C=O) groups is 1. The van der Waals surface area contributed by atoms with Crippen molar-refractivity contribution >= 4 is 5.91 Å². The van der Waals surface area contributed by atoms with Crippen molar-refractivity contribution < 1.29 is 4.79 Å². The molecule has 1 aromatic heterocycles. The summed E-state index contributed by atoms with van der Waals surface area (Å²) in [7, 11) is 0. The number of hydrogen-bond donors (Lipinski definition) is 2. The zero-order valence-electron chi connectivity index (χ0n) is 10.5. The van der Waals surface area contributed by atoms with Gasteiger partial charge in [0.25, 0.3) is 0 Å². The van der Waals surface area contributed by atoms with Crippen LogP contribution in [0.3, 0.4) is 0 Å². The van der Waals surface area contributed by atoms with Crippen LogP contribution in [0.2, 0.25) is 0 Å². The Kier molecular flexibility index (Phi) is 4.10. The zero-order valence-corrected chi connectivity index (χ0v) is 10.5. The van der Waals surface area contributed by atoms with E-state index < -0.39 is 0 Å². The summed E-state index contributed by atoms with van der Waals surface area (Å²) >= 11 is 0. The summed E-state index contributed by atoms with van der Waals surface area (Å²) in [6.45, 7) is 8.44. The summed E-state index contributed by atoms with van der Waals surface area (Å²) in [6, 6.07) is 0. The highest BCUT2D eigenvalue weighted by atomic mass is 16.1. The lowest BCUT2D eigenvalue weighted by molar-refractivity contribution is -0.117. The third-order valence-electron chi connectivity index (χ3n) is 2.68. The average molecular weight is 223 g/mol. The smallest absolute Gasteiger partial charge is 0.217 e. The molecule has 0 unspecified atom stereocenters. The summed E-state index contributed by atoms with van der Waals surface area (Å²) in [5, 5.41) is 7.41. The normalized spacial score (nSPS) is 11.4. The van der Waals surface area contributed by atoms with Crippen LogP contribution in [-0.4, -0.2) is 16.1 Å². The number of rotatable bonds is 5. The molecule has 0 aliphatic heterocycles. The van der Waals surface area contributed by atoms with E-state index in [4.69, 9.17) is 5.73 Å². The van der Waals surface area contributed by atoms with Gasteiger partial charge in [0.2, 0.25) is 5.91 Å². The number of primary amides is 1. The fourth-order valence-electron chi connectivity index (χ4n) is 1.86. The highest BCUT2D eigenvalue weighted by molar-refractivity contribution is 5.74. The van der Waals surface area contributed by atoms with E-state index in [0.717, 1.165) is 11.4 Å². The molecule has 0 atom stereocenters. The minimum atomic E-state index is -0.259. The molecule has 0 aromatic carbocycles. The number of hydrogen-bond acceptors (Lipinski definition) is 2. The number of aromatic nitrogens is 2. The molecular weight excluding hydrogens is 202 g/mol. The molecule has 0 aliphatic carbocycles. The topological polar surface area (TPSA) is 71.8 Å². The molecule has 0 saturated heterocycles. The second-order valence-electron chi connectivity index (χ2n) is 4.78. The van der Waals surface area contributed by atoms with Crippen molar-refractivity contribution in [2.75, 3.05) is 0 Å². The molecule has 1 aromatic rings. The summed E-state index contributed by atoms with van der Waals surface area (Å²) in [5.74, 6) is 0.500. The van der Waals surface area contributed by atoms with Gasteiger partial charge < -0.3 is 5.73 Å². The van der Waals surface area contributed by atoms with Crippen LogP contribution in [0.15, 0.2) is 0 Å². The van der Waals surface area contributed by atoms with E-state index in [9.17, 15) is 4.79 Å². The Hall–Kier alpha value is -1.32. The number of amides is 1. The molecule has 4 heteroatoms. The predicted molar refractivity (Wildman–Crippen MR) is 64.3 cm³/mol. The van der Waals surface area contributed by atoms with Gasteiger partial charge in [0.15, 0.2) is 0 Å². The van der Waals surface area contributed by atoms with Gasteiger partial charge in [0.05, 0.1) is 5.69 Å². The van der Waals surface area contributed by atoms with E-state index in [0.29, 0.717) is 24.7 Å². The summed E-state index contributed by atoms with van der Waals surface area (Å²) in [4.78, 5) is 10.8. The molecule has 90 valence electrons. The van der Waals surface area contributed by atoms with Gasteiger partial charge in [0.1, 0.15) is 0 Å². The Labute approximate surface area is 96.6 Å². The third kappa shape index (κ3) is 2.84. The number of nitrogens with two attached hydrogens (primary N) is 1. The van der Waals surface area contributed by atoms with Crippen molar-refractivity contribution in [3.05, 3.63) is 17.0 Å². The molecule has 1 rings (SSSR count). The SMILES string of the molecule is CC(C)c1n[nH]c(C(C)C)c1CCC(N)=O. The Morgan fingerprint density at radius 1 is 1.31 bits per heavy atom. The van der Waals surface area contributed by atoms with Crippen molar-refractivity contribution in [3.8, 4) is 0 Å². The molecule has 0 fully saturated rings. The first-order valence-electron chi connectivity index (χ1n) is 5.78. The molecule has 0 spiro atoms. The second kappa shape index (κ2) is 5.14. The maximum absolute atomic E-state index is 10.8. The largest absolute Gasteiger partial charge is 0.370 e. The van der Waals surface area contributed by atoms with Crippen LogP contribution in [0.4, 0.5) is 0 Å². The van der Waals surface area contributed by atoms with E-state index in [1.54, 1.807) is 0 Å². The lowest BCUT2D eigenvalue weighted by atomic mass is 9.95. The second-order valence-corrected chi connectivity index (χ2v) is 4.78. The lowest BCUT2D eigenvalue weighted by Gasteiger charge is -2.09. The van der Waals surface area contributed by atoms with Crippen molar-refractivity contribution in [3.63, 3.8) is 0 Å². The van der Waals surface area contributed by atoms with Crippen LogP contribution < -0.4 is 5.73 Å². The quantitative estimate of drug-likeness (QED) is 0.802. The van der Waals surface area contributed by atoms with Gasteiger partial charge in [0, 0.05) is 12.1 Å². The van der Waals surface area contributed by atoms with Crippen LogP contribution in [0.25, 0.3) is 0 Å². The summed E-state index contributed by atoms with van der Waals surface area (Å²) in [6.07, 6.45) is 1.08. The van der Waals surface area contributed by atoms with Crippen molar-refractivity contribution in [1.29, 1.82) is 0 Å². The van der Waals surface area contributed by atoms with E-state index >= 15 is 0 Å². The van der Waals surface area contributed by atoms with Crippen LogP contribution in [0, 0.1) is 0 Å². The molecular formula is C12H21N3O. The molecule has 16 heavy (non-hydrogen) atoms. The molecule has 0 aliphatic rings. The Morgan fingerprint density at radius 3 is 2.38 bits per heavy atom. The van der Waals surface area contributed by atoms with E-state index in [1.807, 2.05) is 0 Å². The van der Waals surface area contributed by atoms with Crippen molar-refractivity contribution in [2.24, 2.45) is 5.73 Å². The molecule has 0 radical (unpaired) electrons. The summed E-state index contributed by atoms with van der Waals surface area (Å²) in [5.41, 5.74) is 8.55. The minimum Gasteiger partial charge on any atom is -0.370 e. The van der Waals surface area contributed by atoms with Crippen molar-refractivity contribution in [1.82, 2.24) is 10.2 Å². The monoisotopic (exact) mass is 223 g/mol. The first kappa shape index (κ1) is 12.7. The third-order valence-corrected chi connectivity index (χ3v) is 2.68. The minimum absolute atomic E-state index is 0.259. The number of nitrogens with zero attached hydrogens (tertiary/aromatic N) is 1. The van der Waals surface area contributed by atoms with E-state index in [-0.39, 0.29) is 5.91 Å². The predicted octanol–water partition coefficient (Wildman–Crippen LogP) is 2.07. The van der Waals surface area contributed by atoms with Gasteiger partial charge in [-0.05, 0) is 23.8 Å². The van der Waals surface area contributed by atoms with E-state index in [1.165, 1.54) is 5.56 Å². The highest BCUT2D eigenvalue weighted by Crippen LogP contribution is 2.26. The molecule has 0 bridgehead atoms. The number of H-pyrrole nitrogens is 1. The fraction of sp³-hybridized carbons (Fsp3) is 0.667. The van der Waals surface area contributed by atoms with Gasteiger partial charge in [-0.2, -0.15) is 5.10 Å². The Balaban J connectivity index is 2.99. The van der Waals surface area contributed by atoms with Crippen LogP contribution >= 0.6 is 0 Å². The fourth-order valence-corrected chi connectivity index (χ4v) is 1.86. The number of carbonyl (C=O) groups excluding carboxylic acids is 1. The molecule has 1 amide bonds. The van der Waals surface area contributed by atoms with Crippen molar-refractivity contribution in [2.45, 2.75) is 52.4 Å². The summed E-state index contributed by atoms with van der Waals surface area (Å²) < 4.78 is 0. The van der Waals surface area contributed by atoms with Gasteiger partial charge in [-0.1, -0.05) is 27.7 Å². The van der Waals surface area contributed by atoms with Crippen LogP contribution in [0.1, 0.15) is 62.9 Å². The standard InChI is InChI=1S/C12H21N3O/c1-7(2)11-9(5-6-10(13)16)12(8(3)4)15-14-11/h7-8H,5-6H2,1-4H3,(H2,13,16)(H,14,15). The maximum Gasteiger partial charge on any atom is 0.217 e. The Bertz CT molecular complexity index is 341. The van der Waals surface area contributed by atoms with Crippen LogP contribution in [-0.2, 0) is 11.2 Å². The molecule has 4 nitrogen and oxygen atoms in total. The van der Waals surface area contributed by atoms with Crippen LogP contribution in [0.5, 0.6) is 0 Å². The van der Waals surface area contributed by atoms with E-state index in [2.05, 4.69) is 37.9 Å². The molecule has 0 saturated carbocycles. The average Bonchev–Trinajstić information content (AvgIpc) is 2.57. The first-order chi connectivity index (χ1) is 7.43. The lowest BCUT2D eigenvalue weighted by Crippen LogP contribution is -2.12. The van der Waals surface area contributed by atoms with Gasteiger partial charge in [-0.25, -0.2) is 0 Å². The number of nitrogens with one attached hydrogen (secondary N) is 1. The van der Waals surface area contributed by atoms with Gasteiger partial charge in [-0.3, -0.25) is 9.89 Å². The first-order valence-corrected chi connectivity index (χ1v) is 5.78. The molecule has 1 heterocycles. The highest BCUT2D eigenvalue weighted by Gasteiger charge is 2.17. The number of aromatic amines is 1.